The molecule has 1 amide bonds. The second kappa shape index (κ2) is 9.25. The summed E-state index contributed by atoms with van der Waals surface area (Å²) in [5.41, 5.74) is 3.37. The van der Waals surface area contributed by atoms with Gasteiger partial charge in [-0.05, 0) is 44.2 Å². The minimum atomic E-state index is -0.242. The van der Waals surface area contributed by atoms with Crippen molar-refractivity contribution in [2.45, 2.75) is 33.0 Å². The Labute approximate surface area is 155 Å². The van der Waals surface area contributed by atoms with Crippen LogP contribution in [0.5, 0.6) is 11.5 Å². The zero-order valence-corrected chi connectivity index (χ0v) is 16.2. The molecule has 0 fully saturated rings. The Kier molecular flexibility index (Phi) is 7.04. The number of hydrogen-bond acceptors (Lipinski definition) is 4. The summed E-state index contributed by atoms with van der Waals surface area (Å²) in [5.74, 6) is 1.39. The fourth-order valence-corrected chi connectivity index (χ4v) is 2.65. The molecule has 0 saturated heterocycles. The van der Waals surface area contributed by atoms with Crippen LogP contribution in [0.2, 0.25) is 0 Å². The van der Waals surface area contributed by atoms with E-state index in [1.807, 2.05) is 68.3 Å². The van der Waals surface area contributed by atoms with Gasteiger partial charge in [0.05, 0.1) is 20.3 Å². The number of amides is 1. The van der Waals surface area contributed by atoms with E-state index in [4.69, 9.17) is 9.47 Å². The highest BCUT2D eigenvalue weighted by atomic mass is 16.5. The van der Waals surface area contributed by atoms with E-state index in [1.165, 1.54) is 5.56 Å². The summed E-state index contributed by atoms with van der Waals surface area (Å²) in [4.78, 5) is 14.4. The summed E-state index contributed by atoms with van der Waals surface area (Å²) in [7, 11) is 5.17. The third-order valence-electron chi connectivity index (χ3n) is 4.51. The fourth-order valence-electron chi connectivity index (χ4n) is 2.65. The molecule has 5 heteroatoms. The summed E-state index contributed by atoms with van der Waals surface area (Å²) >= 11 is 0. The Balaban J connectivity index is 1.92. The topological polar surface area (TPSA) is 50.8 Å². The Bertz CT molecular complexity index is 729. The number of aryl methyl sites for hydroxylation is 1. The molecule has 0 aliphatic rings. The minimum absolute atomic E-state index is 0.00792. The highest BCUT2D eigenvalue weighted by molar-refractivity contribution is 5.81. The van der Waals surface area contributed by atoms with Gasteiger partial charge in [-0.15, -0.1) is 0 Å². The van der Waals surface area contributed by atoms with Crippen molar-refractivity contribution >= 4 is 5.91 Å². The van der Waals surface area contributed by atoms with Gasteiger partial charge in [-0.1, -0.05) is 35.9 Å². The normalized spacial score (nSPS) is 11.9. The number of carbonyl (C=O) groups is 1. The number of hydrogen-bond donors (Lipinski definition) is 1. The molecule has 1 atom stereocenters. The van der Waals surface area contributed by atoms with Gasteiger partial charge in [0.15, 0.2) is 11.5 Å². The van der Waals surface area contributed by atoms with Crippen molar-refractivity contribution in [2.75, 3.05) is 21.3 Å². The van der Waals surface area contributed by atoms with E-state index in [-0.39, 0.29) is 11.9 Å². The molecule has 1 N–H and O–H groups in total. The first kappa shape index (κ1) is 19.8. The molecule has 0 aliphatic carbocycles. The van der Waals surface area contributed by atoms with Gasteiger partial charge in [0.2, 0.25) is 5.91 Å². The van der Waals surface area contributed by atoms with E-state index >= 15 is 0 Å². The SMILES string of the molecule is COc1ccc(CN(C)[C@@H](C)C(=O)NCc2ccc(C)cc2)cc1OC. The predicted octanol–water partition coefficient (Wildman–Crippen LogP) is 3.15. The molecule has 0 spiro atoms. The van der Waals surface area contributed by atoms with Crippen LogP contribution in [0.4, 0.5) is 0 Å². The van der Waals surface area contributed by atoms with Crippen LogP contribution in [-0.2, 0) is 17.9 Å². The molecule has 0 unspecified atom stereocenters. The number of carbonyl (C=O) groups excluding carboxylic acids is 1. The zero-order chi connectivity index (χ0) is 19.1. The Morgan fingerprint density at radius 3 is 2.27 bits per heavy atom. The molecule has 0 aromatic heterocycles. The van der Waals surface area contributed by atoms with Crippen molar-refractivity contribution in [1.29, 1.82) is 0 Å². The third kappa shape index (κ3) is 5.23. The number of ether oxygens (including phenoxy) is 2. The zero-order valence-electron chi connectivity index (χ0n) is 16.2. The molecule has 2 aromatic rings. The van der Waals surface area contributed by atoms with Crippen molar-refractivity contribution in [3.63, 3.8) is 0 Å². The van der Waals surface area contributed by atoms with Gasteiger partial charge < -0.3 is 14.8 Å². The fraction of sp³-hybridized carbons (Fsp3) is 0.381. The van der Waals surface area contributed by atoms with Gasteiger partial charge in [0.25, 0.3) is 0 Å². The summed E-state index contributed by atoms with van der Waals surface area (Å²) in [6.07, 6.45) is 0. The third-order valence-corrected chi connectivity index (χ3v) is 4.51. The van der Waals surface area contributed by atoms with Gasteiger partial charge in [-0.2, -0.15) is 0 Å². The molecule has 0 saturated carbocycles. The number of methoxy groups -OCH3 is 2. The first-order valence-corrected chi connectivity index (χ1v) is 8.69. The van der Waals surface area contributed by atoms with Gasteiger partial charge in [0, 0.05) is 13.1 Å². The first-order valence-electron chi connectivity index (χ1n) is 8.69. The van der Waals surface area contributed by atoms with Crippen LogP contribution in [0.3, 0.4) is 0 Å². The van der Waals surface area contributed by atoms with Crippen LogP contribution in [0, 0.1) is 6.92 Å². The molecule has 140 valence electrons. The number of nitrogens with one attached hydrogen (secondary N) is 1. The second-order valence-electron chi connectivity index (χ2n) is 6.48. The summed E-state index contributed by atoms with van der Waals surface area (Å²) in [6.45, 7) is 5.13. The quantitative estimate of drug-likeness (QED) is 0.789. The van der Waals surface area contributed by atoms with Crippen LogP contribution in [0.15, 0.2) is 42.5 Å². The van der Waals surface area contributed by atoms with E-state index in [2.05, 4.69) is 5.32 Å². The Hall–Kier alpha value is -2.53. The average Bonchev–Trinajstić information content (AvgIpc) is 2.66. The van der Waals surface area contributed by atoms with Crippen LogP contribution in [0.25, 0.3) is 0 Å². The molecule has 0 heterocycles. The standard InChI is InChI=1S/C21H28N2O3/c1-15-6-8-17(9-7-15)13-22-21(24)16(2)23(3)14-18-10-11-19(25-4)20(12-18)26-5/h6-12,16H,13-14H2,1-5H3,(H,22,24)/t16-/m0/s1. The number of nitrogens with zero attached hydrogens (tertiary/aromatic N) is 1. The highest BCUT2D eigenvalue weighted by Crippen LogP contribution is 2.28. The van der Waals surface area contributed by atoms with E-state index in [0.29, 0.717) is 24.6 Å². The van der Waals surface area contributed by atoms with Crippen LogP contribution in [-0.4, -0.2) is 38.1 Å². The number of likely N-dealkylation sites (N-methyl/N-ethyl adjacent to an activating group) is 1. The summed E-state index contributed by atoms with van der Waals surface area (Å²) in [5, 5.41) is 3.00. The van der Waals surface area contributed by atoms with Crippen molar-refractivity contribution in [1.82, 2.24) is 10.2 Å². The van der Waals surface area contributed by atoms with Gasteiger partial charge in [-0.3, -0.25) is 9.69 Å². The summed E-state index contributed by atoms with van der Waals surface area (Å²) < 4.78 is 10.6. The summed E-state index contributed by atoms with van der Waals surface area (Å²) in [6, 6.07) is 13.7. The van der Waals surface area contributed by atoms with Crippen molar-refractivity contribution in [2.24, 2.45) is 0 Å². The minimum Gasteiger partial charge on any atom is -0.493 e. The van der Waals surface area contributed by atoms with E-state index < -0.39 is 0 Å². The molecule has 5 nitrogen and oxygen atoms in total. The van der Waals surface area contributed by atoms with Crippen molar-refractivity contribution in [3.05, 3.63) is 59.2 Å². The largest absolute Gasteiger partial charge is 0.493 e. The predicted molar refractivity (Wildman–Crippen MR) is 104 cm³/mol. The molecule has 2 aromatic carbocycles. The van der Waals surface area contributed by atoms with Crippen LogP contribution >= 0.6 is 0 Å². The highest BCUT2D eigenvalue weighted by Gasteiger charge is 2.18. The molecule has 0 aliphatic heterocycles. The maximum atomic E-state index is 12.4. The maximum Gasteiger partial charge on any atom is 0.237 e. The molecule has 26 heavy (non-hydrogen) atoms. The van der Waals surface area contributed by atoms with Crippen molar-refractivity contribution in [3.8, 4) is 11.5 Å². The van der Waals surface area contributed by atoms with Gasteiger partial charge in [0.1, 0.15) is 0 Å². The van der Waals surface area contributed by atoms with Crippen LogP contribution in [0.1, 0.15) is 23.6 Å². The molecule has 2 rings (SSSR count). The lowest BCUT2D eigenvalue weighted by Gasteiger charge is -2.24. The van der Waals surface area contributed by atoms with E-state index in [0.717, 1.165) is 11.1 Å². The van der Waals surface area contributed by atoms with E-state index in [1.54, 1.807) is 14.2 Å². The van der Waals surface area contributed by atoms with Crippen LogP contribution < -0.4 is 14.8 Å². The Morgan fingerprint density at radius 1 is 1.04 bits per heavy atom. The van der Waals surface area contributed by atoms with Gasteiger partial charge in [-0.25, -0.2) is 0 Å². The lowest BCUT2D eigenvalue weighted by Crippen LogP contribution is -2.42. The monoisotopic (exact) mass is 356 g/mol. The number of benzene rings is 2. The maximum absolute atomic E-state index is 12.4. The molecular formula is C21H28N2O3. The average molecular weight is 356 g/mol. The lowest BCUT2D eigenvalue weighted by atomic mass is 10.1. The first-order chi connectivity index (χ1) is 12.4. The Morgan fingerprint density at radius 2 is 1.65 bits per heavy atom. The number of rotatable bonds is 8. The second-order valence-corrected chi connectivity index (χ2v) is 6.48. The molecular weight excluding hydrogens is 328 g/mol. The van der Waals surface area contributed by atoms with Gasteiger partial charge >= 0.3 is 0 Å². The van der Waals surface area contributed by atoms with E-state index in [9.17, 15) is 4.79 Å². The molecule has 0 bridgehead atoms. The smallest absolute Gasteiger partial charge is 0.237 e. The van der Waals surface area contributed by atoms with Crippen molar-refractivity contribution < 1.29 is 14.3 Å². The lowest BCUT2D eigenvalue weighted by molar-refractivity contribution is -0.125. The molecule has 0 radical (unpaired) electrons.